The zero-order chi connectivity index (χ0) is 18.2. The second kappa shape index (κ2) is 6.96. The Morgan fingerprint density at radius 2 is 2.00 bits per heavy atom. The summed E-state index contributed by atoms with van der Waals surface area (Å²) in [6.45, 7) is 0.313. The first-order chi connectivity index (χ1) is 11.7. The number of rotatable bonds is 5. The predicted molar refractivity (Wildman–Crippen MR) is 96.3 cm³/mol. The molecule has 1 heterocycles. The molecule has 1 aliphatic carbocycles. The minimum Gasteiger partial charge on any atom is -0.353 e. The van der Waals surface area contributed by atoms with Crippen LogP contribution in [0.4, 0.5) is 5.69 Å². The highest BCUT2D eigenvalue weighted by Crippen LogP contribution is 2.32. The van der Waals surface area contributed by atoms with E-state index in [-0.39, 0.29) is 35.9 Å². The average molecular weight is 385 g/mol. The molecule has 1 aromatic carbocycles. The van der Waals surface area contributed by atoms with Crippen LogP contribution in [-0.4, -0.2) is 44.8 Å². The molecule has 0 radical (unpaired) electrons. The number of halogens is 1. The molecule has 1 saturated heterocycles. The molecule has 1 saturated carbocycles. The standard InChI is InChI=1S/C17H21ClN2O4S/c1-25(23,24)10-11-6-13(7-11)19-17(22)12-8-16(21)20(9-12)15-5-3-2-4-14(15)18/h2-5,11-13H,6-10H2,1H3,(H,19,22). The number of para-hydroxylation sites is 1. The van der Waals surface area contributed by atoms with E-state index < -0.39 is 15.8 Å². The number of nitrogens with zero attached hydrogens (tertiary/aromatic N) is 1. The number of hydrogen-bond acceptors (Lipinski definition) is 4. The van der Waals surface area contributed by atoms with E-state index >= 15 is 0 Å². The van der Waals surface area contributed by atoms with Gasteiger partial charge in [-0.2, -0.15) is 0 Å². The molecule has 0 spiro atoms. The van der Waals surface area contributed by atoms with E-state index in [2.05, 4.69) is 5.32 Å². The Morgan fingerprint density at radius 1 is 1.32 bits per heavy atom. The van der Waals surface area contributed by atoms with Gasteiger partial charge in [0.25, 0.3) is 0 Å². The summed E-state index contributed by atoms with van der Waals surface area (Å²) < 4.78 is 22.5. The molecule has 1 unspecified atom stereocenters. The van der Waals surface area contributed by atoms with E-state index in [4.69, 9.17) is 11.6 Å². The van der Waals surface area contributed by atoms with Gasteiger partial charge in [-0.3, -0.25) is 9.59 Å². The van der Waals surface area contributed by atoms with Crippen molar-refractivity contribution < 1.29 is 18.0 Å². The first kappa shape index (κ1) is 18.2. The van der Waals surface area contributed by atoms with Gasteiger partial charge >= 0.3 is 0 Å². The number of hydrogen-bond donors (Lipinski definition) is 1. The first-order valence-corrected chi connectivity index (χ1v) is 10.7. The summed E-state index contributed by atoms with van der Waals surface area (Å²) in [6.07, 6.45) is 2.74. The molecule has 2 fully saturated rings. The third kappa shape index (κ3) is 4.33. The van der Waals surface area contributed by atoms with Crippen molar-refractivity contribution in [3.63, 3.8) is 0 Å². The Hall–Kier alpha value is -1.60. The Balaban J connectivity index is 1.53. The summed E-state index contributed by atoms with van der Waals surface area (Å²) in [6, 6.07) is 7.08. The Morgan fingerprint density at radius 3 is 2.64 bits per heavy atom. The molecule has 1 N–H and O–H groups in total. The fraction of sp³-hybridized carbons (Fsp3) is 0.529. The zero-order valence-electron chi connectivity index (χ0n) is 13.9. The minimum atomic E-state index is -2.98. The molecular formula is C17H21ClN2O4S. The van der Waals surface area contributed by atoms with Crippen LogP contribution >= 0.6 is 11.6 Å². The van der Waals surface area contributed by atoms with Gasteiger partial charge in [0.2, 0.25) is 11.8 Å². The molecule has 25 heavy (non-hydrogen) atoms. The second-order valence-corrected chi connectivity index (χ2v) is 9.58. The predicted octanol–water partition coefficient (Wildman–Crippen LogP) is 1.63. The maximum atomic E-state index is 12.4. The Bertz CT molecular complexity index is 790. The largest absolute Gasteiger partial charge is 0.353 e. The molecule has 3 rings (SSSR count). The summed E-state index contributed by atoms with van der Waals surface area (Å²) in [4.78, 5) is 26.2. The van der Waals surface area contributed by atoms with Crippen molar-refractivity contribution in [1.82, 2.24) is 5.32 Å². The van der Waals surface area contributed by atoms with Crippen LogP contribution in [0, 0.1) is 11.8 Å². The van der Waals surface area contributed by atoms with Crippen LogP contribution in [0.3, 0.4) is 0 Å². The van der Waals surface area contributed by atoms with Crippen molar-refractivity contribution in [3.05, 3.63) is 29.3 Å². The van der Waals surface area contributed by atoms with Crippen molar-refractivity contribution in [2.24, 2.45) is 11.8 Å². The van der Waals surface area contributed by atoms with Crippen molar-refractivity contribution >= 4 is 38.9 Å². The zero-order valence-corrected chi connectivity index (χ0v) is 15.5. The molecule has 2 amide bonds. The maximum Gasteiger partial charge on any atom is 0.227 e. The number of carbonyl (C=O) groups excluding carboxylic acids is 2. The van der Waals surface area contributed by atoms with Gasteiger partial charge in [-0.1, -0.05) is 23.7 Å². The van der Waals surface area contributed by atoms with Gasteiger partial charge in [0, 0.05) is 25.3 Å². The monoisotopic (exact) mass is 384 g/mol. The molecule has 6 nitrogen and oxygen atoms in total. The van der Waals surface area contributed by atoms with Crippen LogP contribution in [-0.2, 0) is 19.4 Å². The molecule has 0 aromatic heterocycles. The smallest absolute Gasteiger partial charge is 0.227 e. The van der Waals surface area contributed by atoms with E-state index in [0.717, 1.165) is 0 Å². The van der Waals surface area contributed by atoms with Crippen molar-refractivity contribution in [3.8, 4) is 0 Å². The molecule has 0 bridgehead atoms. The van der Waals surface area contributed by atoms with Gasteiger partial charge in [-0.25, -0.2) is 8.42 Å². The lowest BCUT2D eigenvalue weighted by atomic mass is 9.81. The fourth-order valence-corrected chi connectivity index (χ4v) is 4.89. The number of carbonyl (C=O) groups is 2. The number of amides is 2. The van der Waals surface area contributed by atoms with Crippen LogP contribution in [0.25, 0.3) is 0 Å². The Labute approximate surface area is 152 Å². The number of benzene rings is 1. The molecule has 136 valence electrons. The van der Waals surface area contributed by atoms with Crippen molar-refractivity contribution in [2.45, 2.75) is 25.3 Å². The maximum absolute atomic E-state index is 12.4. The lowest BCUT2D eigenvalue weighted by Gasteiger charge is -2.35. The highest BCUT2D eigenvalue weighted by atomic mass is 35.5. The number of nitrogens with one attached hydrogen (secondary N) is 1. The van der Waals surface area contributed by atoms with Crippen LogP contribution in [0.1, 0.15) is 19.3 Å². The number of anilines is 1. The van der Waals surface area contributed by atoms with E-state index in [1.54, 1.807) is 29.2 Å². The number of sulfone groups is 1. The molecule has 8 heteroatoms. The molecule has 1 aliphatic heterocycles. The highest BCUT2D eigenvalue weighted by Gasteiger charge is 2.38. The SMILES string of the molecule is CS(=O)(=O)CC1CC(NC(=O)C2CC(=O)N(c3ccccc3Cl)C2)C1. The second-order valence-electron chi connectivity index (χ2n) is 6.99. The van der Waals surface area contributed by atoms with Crippen LogP contribution in [0.5, 0.6) is 0 Å². The van der Waals surface area contributed by atoms with E-state index in [1.165, 1.54) is 6.26 Å². The third-order valence-corrected chi connectivity index (χ3v) is 6.16. The average Bonchev–Trinajstić information content (AvgIpc) is 2.86. The quantitative estimate of drug-likeness (QED) is 0.836. The minimum absolute atomic E-state index is 0.00344. The van der Waals surface area contributed by atoms with Crippen LogP contribution < -0.4 is 10.2 Å². The van der Waals surface area contributed by atoms with E-state index in [1.807, 2.05) is 0 Å². The van der Waals surface area contributed by atoms with Gasteiger partial charge in [0.15, 0.2) is 0 Å². The molecule has 1 atom stereocenters. The summed E-state index contributed by atoms with van der Waals surface area (Å²) in [5, 5.41) is 3.42. The van der Waals surface area contributed by atoms with Gasteiger partial charge < -0.3 is 10.2 Å². The lowest BCUT2D eigenvalue weighted by Crippen LogP contribution is -2.48. The van der Waals surface area contributed by atoms with E-state index in [9.17, 15) is 18.0 Å². The first-order valence-electron chi connectivity index (χ1n) is 8.26. The van der Waals surface area contributed by atoms with Crippen molar-refractivity contribution in [2.75, 3.05) is 23.5 Å². The van der Waals surface area contributed by atoms with Gasteiger partial charge in [0.1, 0.15) is 9.84 Å². The van der Waals surface area contributed by atoms with E-state index in [0.29, 0.717) is 30.1 Å². The fourth-order valence-electron chi connectivity index (χ4n) is 3.52. The Kier molecular flexibility index (Phi) is 5.06. The van der Waals surface area contributed by atoms with Crippen LogP contribution in [0.2, 0.25) is 5.02 Å². The molecular weight excluding hydrogens is 364 g/mol. The third-order valence-electron chi connectivity index (χ3n) is 4.76. The summed E-state index contributed by atoms with van der Waals surface area (Å²) in [7, 11) is -2.98. The molecule has 2 aliphatic rings. The summed E-state index contributed by atoms with van der Waals surface area (Å²) >= 11 is 6.14. The summed E-state index contributed by atoms with van der Waals surface area (Å²) in [5.74, 6) is -0.382. The topological polar surface area (TPSA) is 83.5 Å². The molecule has 1 aromatic rings. The highest BCUT2D eigenvalue weighted by molar-refractivity contribution is 7.90. The van der Waals surface area contributed by atoms with Gasteiger partial charge in [0.05, 0.1) is 22.4 Å². The van der Waals surface area contributed by atoms with Gasteiger partial charge in [-0.05, 0) is 30.9 Å². The lowest BCUT2D eigenvalue weighted by molar-refractivity contribution is -0.127. The van der Waals surface area contributed by atoms with Crippen LogP contribution in [0.15, 0.2) is 24.3 Å². The van der Waals surface area contributed by atoms with Gasteiger partial charge in [-0.15, -0.1) is 0 Å². The summed E-state index contributed by atoms with van der Waals surface area (Å²) in [5.41, 5.74) is 0.626. The normalized spacial score (nSPS) is 26.4. The van der Waals surface area contributed by atoms with Crippen molar-refractivity contribution in [1.29, 1.82) is 0 Å².